The minimum atomic E-state index is -0.394. The molecule has 8 unspecified atom stereocenters. The minimum absolute atomic E-state index is 0. The van der Waals surface area contributed by atoms with Gasteiger partial charge in [-0.3, -0.25) is 48.6 Å². The Morgan fingerprint density at radius 1 is 0.377 bits per heavy atom. The van der Waals surface area contributed by atoms with Gasteiger partial charge in [0.2, 0.25) is 0 Å². The average molecular weight is 1880 g/mol. The molecule has 12 rings (SSSR count). The molecule has 0 amide bonds. The maximum Gasteiger partial charge on any atom is 2.00 e. The van der Waals surface area contributed by atoms with Gasteiger partial charge >= 0.3 is 115 Å². The van der Waals surface area contributed by atoms with Crippen molar-refractivity contribution in [1.29, 1.82) is 0 Å². The standard InChI is InChI=1S/C14H17Si.C14H23Si.2C13H21Si.C12H19Si.C12H13.2C11H17.2C10H15.5Mg/c1-9-6-7-10(2)13-12(9)8-11(3)14(13)15(4)5;1-6-15(7-2)11-12-8-9-13(10-12)14(3,4)5;1-10(14(5)6)11-7-8-12(9-11)13(2,3)4;1-6-13(2,3)12-8-7-11(9-12)10-14(4)5;1-12(2,3)11-7-6-10(8-11)9-13(4)5;1-8-6-11-9(2)4-5-10(3)12(11)7-8;1-5-9-6-7-10(8-9)11(2,3)4;1-5-11(3,4)10-7-6-9(2)8-10;2*1-8-5-6-9(7-8)10(2,3)4;;;;;/h6-7H,1-5H3;9-12H,6-7H2,1-5H3;8-9,11H,1-6H3;8-11H,6H2,1-5H3;7-10H,1-5H3;4-7H,1-3H3;2*7-9H,5H2,1-4H3;2*6-8H,1-4H3;;;;;/q10*-1;5*+2. The van der Waals surface area contributed by atoms with Crippen molar-refractivity contribution in [1.82, 2.24) is 0 Å². The molecule has 0 saturated heterocycles. The van der Waals surface area contributed by atoms with Gasteiger partial charge in [-0.05, 0) is 58.1 Å². The average Bonchev–Trinajstić information content (AvgIpc) is 1.62. The second-order valence-electron chi connectivity index (χ2n) is 44.7. The second-order valence-corrected chi connectivity index (χ2v) is 58.0. The van der Waals surface area contributed by atoms with Gasteiger partial charge in [0.15, 0.2) is 0 Å². The van der Waals surface area contributed by atoms with E-state index in [0.717, 1.165) is 0 Å². The van der Waals surface area contributed by atoms with Crippen LogP contribution in [0.5, 0.6) is 0 Å². The van der Waals surface area contributed by atoms with E-state index in [1.165, 1.54) is 131 Å². The zero-order valence-electron chi connectivity index (χ0n) is 92.1. The Labute approximate surface area is 893 Å². The monoisotopic (exact) mass is 1880 g/mol. The molecule has 0 N–H and O–H groups in total. The summed E-state index contributed by atoms with van der Waals surface area (Å²) in [6, 6.07) is 16.0. The van der Waals surface area contributed by atoms with Crippen LogP contribution in [-0.4, -0.2) is 185 Å². The van der Waals surface area contributed by atoms with Crippen molar-refractivity contribution in [3.8, 4) is 0 Å². The van der Waals surface area contributed by atoms with Crippen LogP contribution in [0.15, 0.2) is 184 Å². The molecule has 0 radical (unpaired) electrons. The van der Waals surface area contributed by atoms with E-state index in [1.807, 2.05) is 0 Å². The minimum Gasteiger partial charge on any atom is -0.270 e. The van der Waals surface area contributed by atoms with Gasteiger partial charge in [-0.25, -0.2) is 48.6 Å². The molecule has 9 aliphatic carbocycles. The Kier molecular flexibility index (Phi) is 60.4. The molecule has 0 aromatic heterocycles. The van der Waals surface area contributed by atoms with Gasteiger partial charge in [0.1, 0.15) is 0 Å². The van der Waals surface area contributed by atoms with E-state index in [1.54, 1.807) is 10.3 Å². The molecular formula is C120H178Mg5Si5. The Morgan fingerprint density at radius 2 is 0.700 bits per heavy atom. The smallest absolute Gasteiger partial charge is 0.270 e. The number of hydrogen-bond donors (Lipinski definition) is 0. The molecule has 0 bridgehead atoms. The van der Waals surface area contributed by atoms with E-state index in [4.69, 9.17) is 0 Å². The number of aryl methyl sites for hydroxylation is 5. The van der Waals surface area contributed by atoms with E-state index >= 15 is 0 Å². The van der Waals surface area contributed by atoms with Crippen LogP contribution in [0.1, 0.15) is 280 Å². The zero-order valence-corrected chi connectivity index (χ0v) is 104. The second kappa shape index (κ2) is 59.5. The third-order valence-corrected chi connectivity index (χ3v) is 33.1. The summed E-state index contributed by atoms with van der Waals surface area (Å²) in [5, 5.41) is 6.02. The number of fused-ring (bicyclic) bond motifs is 2. The van der Waals surface area contributed by atoms with Gasteiger partial charge in [-0.2, -0.15) is 99.3 Å². The van der Waals surface area contributed by atoms with Gasteiger partial charge in [0.05, 0.1) is 0 Å². The van der Waals surface area contributed by atoms with Crippen molar-refractivity contribution in [3.05, 3.63) is 277 Å². The molecule has 10 heteroatoms. The molecule has 9 aliphatic rings. The Morgan fingerprint density at radius 3 is 1.02 bits per heavy atom. The first kappa shape index (κ1) is 132. The summed E-state index contributed by atoms with van der Waals surface area (Å²) in [6.07, 6.45) is 70.0. The van der Waals surface area contributed by atoms with Gasteiger partial charge < -0.3 is 0 Å². The summed E-state index contributed by atoms with van der Waals surface area (Å²) in [5.74, 6) is 4.10. The fourth-order valence-electron chi connectivity index (χ4n) is 14.8. The van der Waals surface area contributed by atoms with Crippen LogP contribution in [-0.2, 0) is 0 Å². The molecule has 0 heterocycles. The SMILES string of the molecule is CC(C1[C-]=CC(C(C)(C)C)=C1)=[Si](C)C.CC1=[C-]c2c(C)ccc(C)c2C1=[Si](C)C.CC1[C-]=CC(C(C)(C)C)=C1.CC1[C-]=CC(C(C)(C)C)=C1.CCC(C)(C)C1=CC(C)[C-]=C1.CCC(C)(C)C1=CC(C=[Si](C)C)[C-]=C1.CCC1[C-]=CC(C(C)(C)C)=C1.CC[Si](=CC1[C-]=CC(C(C)(C)C)=C1)CC.C[Si](C)=CC1[C-]=CC(C(C)(C)C)=C1.Cc1cc2c(C)ccc(C)c2[cH-]1.[Mg+2].[Mg+2].[Mg+2].[Mg+2].[Mg+2]. The third-order valence-electron chi connectivity index (χ3n) is 24.9. The normalized spacial score (nSPS) is 19.6. The van der Waals surface area contributed by atoms with Gasteiger partial charge in [0.25, 0.3) is 0 Å². The van der Waals surface area contributed by atoms with E-state index in [0.29, 0.717) is 74.4 Å². The maximum absolute atomic E-state index is 3.54. The first-order chi connectivity index (χ1) is 57.4. The van der Waals surface area contributed by atoms with Crippen LogP contribution < -0.4 is 0 Å². The molecule has 0 aliphatic heterocycles. The number of rotatable bonds is 11. The summed E-state index contributed by atoms with van der Waals surface area (Å²) in [6.45, 7) is 102. The quantitative estimate of drug-likeness (QED) is 0.133. The zero-order chi connectivity index (χ0) is 95.6. The van der Waals surface area contributed by atoms with Gasteiger partial charge in [-0.15, -0.1) is 95.8 Å². The summed E-state index contributed by atoms with van der Waals surface area (Å²) >= 11 is 0. The van der Waals surface area contributed by atoms with Crippen LogP contribution in [0.2, 0.25) is 64.5 Å². The predicted octanol–water partition coefficient (Wildman–Crippen LogP) is 31.4. The first-order valence-electron chi connectivity index (χ1n) is 47.6. The van der Waals surface area contributed by atoms with Crippen molar-refractivity contribution >= 4 is 195 Å². The molecule has 0 saturated carbocycles. The maximum atomic E-state index is 3.54. The predicted molar refractivity (Wildman–Crippen MR) is 607 cm³/mol. The first-order valence-corrected chi connectivity index (χ1v) is 59.8. The Hall–Kier alpha value is -2.10. The summed E-state index contributed by atoms with van der Waals surface area (Å²) in [4.78, 5) is 0. The Balaban J connectivity index is -0.00000138. The van der Waals surface area contributed by atoms with Crippen LogP contribution in [0.25, 0.3) is 10.8 Å². The van der Waals surface area contributed by atoms with Crippen LogP contribution in [0.3, 0.4) is 0 Å². The molecule has 0 nitrogen and oxygen atoms in total. The van der Waals surface area contributed by atoms with Crippen LogP contribution in [0, 0.1) is 180 Å². The van der Waals surface area contributed by atoms with Crippen LogP contribution in [0.4, 0.5) is 0 Å². The topological polar surface area (TPSA) is 0 Å². The fraction of sp³-hybridized carbons (Fsp3) is 0.550. The number of benzene rings is 2. The Bertz CT molecular complexity index is 4750. The largest absolute Gasteiger partial charge is 2.00 e. The van der Waals surface area contributed by atoms with Gasteiger partial charge in [-0.1, -0.05) is 421 Å². The molecule has 0 fully saturated rings. The molecular weight excluding hydrogens is 1700 g/mol. The van der Waals surface area contributed by atoms with E-state index in [-0.39, 0.29) is 165 Å². The third kappa shape index (κ3) is 45.4. The number of hydrogen-bond acceptors (Lipinski definition) is 0. The molecule has 3 aromatic rings. The van der Waals surface area contributed by atoms with Gasteiger partial charge in [0, 0.05) is 16.8 Å². The van der Waals surface area contributed by atoms with E-state index in [9.17, 15) is 0 Å². The molecule has 0 spiro atoms. The van der Waals surface area contributed by atoms with Crippen molar-refractivity contribution in [2.45, 2.75) is 340 Å². The molecule has 130 heavy (non-hydrogen) atoms. The fourth-order valence-corrected chi connectivity index (χ4v) is 20.8. The number of allylic oxidation sites excluding steroid dienone is 33. The van der Waals surface area contributed by atoms with Crippen LogP contribution >= 0.6 is 0 Å². The summed E-state index contributed by atoms with van der Waals surface area (Å²) < 4.78 is 0. The van der Waals surface area contributed by atoms with Crippen molar-refractivity contribution in [2.24, 2.45) is 90.7 Å². The molecule has 8 atom stereocenters. The van der Waals surface area contributed by atoms with E-state index < -0.39 is 8.41 Å². The van der Waals surface area contributed by atoms with E-state index in [2.05, 4.69) is 514 Å². The summed E-state index contributed by atoms with van der Waals surface area (Å²) in [5.41, 5.74) is 32.4. The van der Waals surface area contributed by atoms with Crippen molar-refractivity contribution < 1.29 is 0 Å². The van der Waals surface area contributed by atoms with Crippen molar-refractivity contribution in [3.63, 3.8) is 0 Å². The molecule has 3 aromatic carbocycles. The summed E-state index contributed by atoms with van der Waals surface area (Å²) in [7, 11) is -1.38. The van der Waals surface area contributed by atoms with Crippen molar-refractivity contribution in [2.75, 3.05) is 0 Å². The molecule has 688 valence electrons.